The predicted octanol–water partition coefficient (Wildman–Crippen LogP) is 0.847. The van der Waals surface area contributed by atoms with Gasteiger partial charge in [0.1, 0.15) is 16.4 Å². The summed E-state index contributed by atoms with van der Waals surface area (Å²) in [6.07, 6.45) is 3.37. The van der Waals surface area contributed by atoms with Gasteiger partial charge in [-0.1, -0.05) is 0 Å². The van der Waals surface area contributed by atoms with E-state index in [2.05, 4.69) is 24.4 Å². The molecule has 0 aliphatic carbocycles. The summed E-state index contributed by atoms with van der Waals surface area (Å²) in [6, 6.07) is 0. The number of hydrogen-bond acceptors (Lipinski definition) is 7. The van der Waals surface area contributed by atoms with Gasteiger partial charge in [0.25, 0.3) is 0 Å². The van der Waals surface area contributed by atoms with E-state index in [1.807, 2.05) is 0 Å². The number of aromatic nitrogens is 3. The molecule has 17 heavy (non-hydrogen) atoms. The van der Waals surface area contributed by atoms with Gasteiger partial charge in [-0.15, -0.1) is 0 Å². The molecule has 0 aromatic carbocycles. The molecule has 0 spiro atoms. The third kappa shape index (κ3) is 2.36. The number of carbonyl (C=O) groups excluding carboxylic acids is 1. The van der Waals surface area contributed by atoms with Crippen LogP contribution in [-0.2, 0) is 11.3 Å². The van der Waals surface area contributed by atoms with Crippen molar-refractivity contribution in [1.29, 1.82) is 0 Å². The highest BCUT2D eigenvalue weighted by Crippen LogP contribution is 2.27. The van der Waals surface area contributed by atoms with Crippen LogP contribution in [0.2, 0.25) is 0 Å². The Bertz CT molecular complexity index is 507. The van der Waals surface area contributed by atoms with E-state index in [4.69, 9.17) is 5.73 Å². The number of imidazole rings is 1. The molecule has 0 radical (unpaired) electrons. The molecule has 90 valence electrons. The Morgan fingerprint density at radius 1 is 1.71 bits per heavy atom. The first kappa shape index (κ1) is 11.4. The van der Waals surface area contributed by atoms with Crippen molar-refractivity contribution < 1.29 is 9.53 Å². The molecule has 0 atom stereocenters. The second kappa shape index (κ2) is 4.83. The number of rotatable bonds is 4. The van der Waals surface area contributed by atoms with E-state index in [0.717, 1.165) is 17.4 Å². The van der Waals surface area contributed by atoms with E-state index in [1.54, 1.807) is 12.4 Å². The van der Waals surface area contributed by atoms with Gasteiger partial charge in [0.05, 0.1) is 13.7 Å². The molecule has 7 nitrogen and oxygen atoms in total. The first-order valence-corrected chi connectivity index (χ1v) is 5.55. The summed E-state index contributed by atoms with van der Waals surface area (Å²) in [5.41, 5.74) is 5.87. The summed E-state index contributed by atoms with van der Waals surface area (Å²) in [7, 11) is 1.30. The van der Waals surface area contributed by atoms with Gasteiger partial charge in [-0.3, -0.25) is 0 Å². The zero-order chi connectivity index (χ0) is 12.3. The number of H-pyrrole nitrogens is 1. The molecule has 2 aromatic rings. The van der Waals surface area contributed by atoms with Gasteiger partial charge in [-0.05, 0) is 11.5 Å². The van der Waals surface area contributed by atoms with Gasteiger partial charge in [0.2, 0.25) is 0 Å². The molecule has 0 saturated heterocycles. The lowest BCUT2D eigenvalue weighted by molar-refractivity contribution is 0.0603. The van der Waals surface area contributed by atoms with Crippen molar-refractivity contribution in [2.75, 3.05) is 18.2 Å². The van der Waals surface area contributed by atoms with E-state index in [-0.39, 0.29) is 11.4 Å². The molecule has 0 aliphatic heterocycles. The Hall–Kier alpha value is -2.09. The number of methoxy groups -OCH3 is 1. The number of hydrogen-bond donors (Lipinski definition) is 3. The summed E-state index contributed by atoms with van der Waals surface area (Å²) in [6.45, 7) is 0.457. The summed E-state index contributed by atoms with van der Waals surface area (Å²) >= 11 is 1.11. The van der Waals surface area contributed by atoms with Crippen LogP contribution >= 0.6 is 11.5 Å². The number of nitrogens with zero attached hydrogens (tertiary/aromatic N) is 2. The molecule has 2 rings (SSSR count). The molecule has 0 amide bonds. The highest BCUT2D eigenvalue weighted by molar-refractivity contribution is 7.11. The summed E-state index contributed by atoms with van der Waals surface area (Å²) in [5, 5.41) is 3.61. The van der Waals surface area contributed by atoms with Gasteiger partial charge in [-0.2, -0.15) is 4.37 Å². The fraction of sp³-hybridized carbons (Fsp3) is 0.222. The third-order valence-corrected chi connectivity index (χ3v) is 2.90. The van der Waals surface area contributed by atoms with Gasteiger partial charge in [0.15, 0.2) is 5.82 Å². The Kier molecular flexibility index (Phi) is 3.24. The lowest BCUT2D eigenvalue weighted by Gasteiger charge is -2.03. The monoisotopic (exact) mass is 253 g/mol. The zero-order valence-corrected chi connectivity index (χ0v) is 9.87. The smallest absolute Gasteiger partial charge is 0.344 e. The number of carbonyl (C=O) groups is 1. The molecule has 0 bridgehead atoms. The van der Waals surface area contributed by atoms with Crippen molar-refractivity contribution in [3.05, 3.63) is 23.8 Å². The molecular formula is C9H11N5O2S. The van der Waals surface area contributed by atoms with E-state index in [0.29, 0.717) is 11.5 Å². The highest BCUT2D eigenvalue weighted by Gasteiger charge is 2.19. The lowest BCUT2D eigenvalue weighted by Crippen LogP contribution is -2.08. The molecule has 0 unspecified atom stereocenters. The third-order valence-electron chi connectivity index (χ3n) is 2.08. The van der Waals surface area contributed by atoms with Crippen molar-refractivity contribution in [1.82, 2.24) is 14.3 Å². The predicted molar refractivity (Wildman–Crippen MR) is 63.8 cm³/mol. The normalized spacial score (nSPS) is 10.2. The van der Waals surface area contributed by atoms with Crippen LogP contribution in [-0.4, -0.2) is 27.4 Å². The van der Waals surface area contributed by atoms with Crippen LogP contribution in [0.1, 0.15) is 16.2 Å². The standard InChI is InChI=1S/C9H11N5O2S/c1-16-9(15)6-7(10)14-17-8(6)13-4-5-11-2-3-12-5/h2-3,13H,4H2,1H3,(H2,10,14)(H,11,12). The molecule has 2 heterocycles. The Balaban J connectivity index is 2.13. The Morgan fingerprint density at radius 2 is 2.53 bits per heavy atom. The molecule has 0 aliphatic rings. The average molecular weight is 253 g/mol. The summed E-state index contributed by atoms with van der Waals surface area (Å²) in [5.74, 6) is 0.426. The van der Waals surface area contributed by atoms with Crippen molar-refractivity contribution >= 4 is 28.3 Å². The van der Waals surface area contributed by atoms with Gasteiger partial charge < -0.3 is 20.8 Å². The van der Waals surface area contributed by atoms with Crippen molar-refractivity contribution in [2.24, 2.45) is 0 Å². The largest absolute Gasteiger partial charge is 0.465 e. The molecular weight excluding hydrogens is 242 g/mol. The SMILES string of the molecule is COC(=O)c1c(N)nsc1NCc1ncc[nH]1. The lowest BCUT2D eigenvalue weighted by atomic mass is 10.3. The maximum atomic E-state index is 11.5. The molecule has 2 aromatic heterocycles. The minimum Gasteiger partial charge on any atom is -0.465 e. The van der Waals surface area contributed by atoms with E-state index in [1.165, 1.54) is 7.11 Å². The van der Waals surface area contributed by atoms with E-state index < -0.39 is 5.97 Å². The maximum absolute atomic E-state index is 11.5. The van der Waals surface area contributed by atoms with Crippen LogP contribution in [0.15, 0.2) is 12.4 Å². The second-order valence-electron chi connectivity index (χ2n) is 3.15. The fourth-order valence-electron chi connectivity index (χ4n) is 1.28. The second-order valence-corrected chi connectivity index (χ2v) is 3.93. The molecule has 8 heteroatoms. The summed E-state index contributed by atoms with van der Waals surface area (Å²) < 4.78 is 8.55. The number of aromatic amines is 1. The van der Waals surface area contributed by atoms with Crippen molar-refractivity contribution in [2.45, 2.75) is 6.54 Å². The number of anilines is 2. The minimum atomic E-state index is -0.502. The molecule has 0 fully saturated rings. The minimum absolute atomic E-state index is 0.170. The first-order chi connectivity index (χ1) is 8.22. The van der Waals surface area contributed by atoms with Gasteiger partial charge in [-0.25, -0.2) is 9.78 Å². The van der Waals surface area contributed by atoms with Crippen LogP contribution in [0.4, 0.5) is 10.8 Å². The van der Waals surface area contributed by atoms with Gasteiger partial charge >= 0.3 is 5.97 Å². The average Bonchev–Trinajstić information content (AvgIpc) is 2.95. The van der Waals surface area contributed by atoms with Crippen LogP contribution in [0.25, 0.3) is 0 Å². The zero-order valence-electron chi connectivity index (χ0n) is 9.06. The summed E-state index contributed by atoms with van der Waals surface area (Å²) in [4.78, 5) is 18.5. The van der Waals surface area contributed by atoms with Crippen molar-refractivity contribution in [3.8, 4) is 0 Å². The number of nitrogens with one attached hydrogen (secondary N) is 2. The fourth-order valence-corrected chi connectivity index (χ4v) is 1.98. The van der Waals surface area contributed by atoms with Crippen LogP contribution in [0.3, 0.4) is 0 Å². The van der Waals surface area contributed by atoms with Crippen molar-refractivity contribution in [3.63, 3.8) is 0 Å². The van der Waals surface area contributed by atoms with Crippen LogP contribution < -0.4 is 11.1 Å². The number of esters is 1. The van der Waals surface area contributed by atoms with Crippen LogP contribution in [0, 0.1) is 0 Å². The van der Waals surface area contributed by atoms with E-state index in [9.17, 15) is 4.79 Å². The number of nitrogen functional groups attached to an aromatic ring is 1. The van der Waals surface area contributed by atoms with E-state index >= 15 is 0 Å². The van der Waals surface area contributed by atoms with Gasteiger partial charge in [0, 0.05) is 12.4 Å². The quantitative estimate of drug-likeness (QED) is 0.697. The number of nitrogens with two attached hydrogens (primary N) is 1. The Labute approximate surface area is 101 Å². The highest BCUT2D eigenvalue weighted by atomic mass is 32.1. The maximum Gasteiger partial charge on any atom is 0.344 e. The Morgan fingerprint density at radius 3 is 3.18 bits per heavy atom. The topological polar surface area (TPSA) is 106 Å². The molecule has 0 saturated carbocycles. The first-order valence-electron chi connectivity index (χ1n) is 4.78. The number of ether oxygens (including phenoxy) is 1. The van der Waals surface area contributed by atoms with Crippen LogP contribution in [0.5, 0.6) is 0 Å². The molecule has 4 N–H and O–H groups in total.